The Morgan fingerprint density at radius 3 is 2.06 bits per heavy atom. The van der Waals surface area contributed by atoms with E-state index in [0.717, 1.165) is 13.2 Å². The van der Waals surface area contributed by atoms with Crippen molar-refractivity contribution in [1.29, 1.82) is 0 Å². The van der Waals surface area contributed by atoms with E-state index in [1.807, 2.05) is 27.7 Å². The van der Waals surface area contributed by atoms with Gasteiger partial charge in [-0.1, -0.05) is 26.0 Å². The first-order valence-electron chi connectivity index (χ1n) is 5.68. The maximum atomic E-state index is 9.95. The third-order valence-electron chi connectivity index (χ3n) is 1.46. The smallest absolute Gasteiger partial charge is 0.395 e. The Kier molecular flexibility index (Phi) is 16.0. The Labute approximate surface area is 105 Å². The molecule has 0 heterocycles. The second-order valence-electron chi connectivity index (χ2n) is 2.49. The van der Waals surface area contributed by atoms with Crippen molar-refractivity contribution in [2.45, 2.75) is 27.7 Å². The zero-order valence-corrected chi connectivity index (χ0v) is 11.9. The van der Waals surface area contributed by atoms with Gasteiger partial charge in [0.15, 0.2) is 5.75 Å². The summed E-state index contributed by atoms with van der Waals surface area (Å²) >= 11 is 0. The fourth-order valence-electron chi connectivity index (χ4n) is 0.808. The standard InChI is InChI=1S/C6H6NO2P.C4H10O.C2H6/c7-5-3-1-2-4-6(5)9-10-8;1-3-5-4-2;1-2/h1-4H,7H2;3-4H2,1-2H3;1-2H3. The lowest BCUT2D eigenvalue weighted by molar-refractivity contribution is 0.162. The van der Waals surface area contributed by atoms with Gasteiger partial charge in [-0.05, 0) is 26.0 Å². The van der Waals surface area contributed by atoms with E-state index >= 15 is 0 Å². The van der Waals surface area contributed by atoms with Crippen molar-refractivity contribution in [2.75, 3.05) is 18.9 Å². The van der Waals surface area contributed by atoms with E-state index in [2.05, 4.69) is 4.52 Å². The summed E-state index contributed by atoms with van der Waals surface area (Å²) in [5.41, 5.74) is 5.93. The second-order valence-corrected chi connectivity index (χ2v) is 2.82. The molecule has 1 aromatic carbocycles. The van der Waals surface area contributed by atoms with Crippen LogP contribution >= 0.6 is 8.69 Å². The maximum absolute atomic E-state index is 9.95. The molecule has 0 atom stereocenters. The van der Waals surface area contributed by atoms with Crippen LogP contribution in [0.5, 0.6) is 5.75 Å². The summed E-state index contributed by atoms with van der Waals surface area (Å²) < 4.78 is 19.4. The van der Waals surface area contributed by atoms with Crippen LogP contribution in [0.15, 0.2) is 24.3 Å². The minimum atomic E-state index is -0.380. The van der Waals surface area contributed by atoms with Crippen molar-refractivity contribution < 1.29 is 13.8 Å². The molecule has 0 bridgehead atoms. The molecule has 0 amide bonds. The van der Waals surface area contributed by atoms with Gasteiger partial charge >= 0.3 is 8.69 Å². The number of anilines is 1. The van der Waals surface area contributed by atoms with E-state index < -0.39 is 0 Å². The molecule has 0 unspecified atom stereocenters. The molecule has 1 aromatic rings. The normalized spacial score (nSPS) is 8.47. The highest BCUT2D eigenvalue weighted by molar-refractivity contribution is 7.17. The largest absolute Gasteiger partial charge is 0.405 e. The first kappa shape index (κ1) is 18.3. The monoisotopic (exact) mass is 259 g/mol. The fourth-order valence-corrected chi connectivity index (χ4v) is 1.05. The van der Waals surface area contributed by atoms with Crippen molar-refractivity contribution in [3.05, 3.63) is 24.3 Å². The van der Waals surface area contributed by atoms with E-state index in [4.69, 9.17) is 10.5 Å². The highest BCUT2D eigenvalue weighted by Gasteiger charge is 1.95. The highest BCUT2D eigenvalue weighted by Crippen LogP contribution is 2.22. The predicted octanol–water partition coefficient (Wildman–Crippen LogP) is 3.92. The Morgan fingerprint density at radius 1 is 1.18 bits per heavy atom. The van der Waals surface area contributed by atoms with Crippen LogP contribution in [0, 0.1) is 0 Å². The zero-order chi connectivity index (χ0) is 13.5. The number of hydrogen-bond acceptors (Lipinski definition) is 4. The van der Waals surface area contributed by atoms with Gasteiger partial charge in [-0.2, -0.15) is 0 Å². The predicted molar refractivity (Wildman–Crippen MR) is 72.6 cm³/mol. The minimum Gasteiger partial charge on any atom is -0.405 e. The fraction of sp³-hybridized carbons (Fsp3) is 0.500. The molecule has 98 valence electrons. The lowest BCUT2D eigenvalue weighted by Gasteiger charge is -1.97. The van der Waals surface area contributed by atoms with Crippen LogP contribution in [0.3, 0.4) is 0 Å². The minimum absolute atomic E-state index is 0.380. The number of nitrogens with two attached hydrogens (primary N) is 1. The molecule has 0 fully saturated rings. The Balaban J connectivity index is 0. The third-order valence-corrected chi connectivity index (χ3v) is 1.73. The Hall–Kier alpha value is -1.12. The Bertz CT molecular complexity index is 280. The summed E-state index contributed by atoms with van der Waals surface area (Å²) in [4.78, 5) is 0. The first-order chi connectivity index (χ1) is 8.26. The molecule has 0 spiro atoms. The van der Waals surface area contributed by atoms with Gasteiger partial charge in [0.2, 0.25) is 0 Å². The van der Waals surface area contributed by atoms with Gasteiger partial charge in [-0.15, -0.1) is 0 Å². The summed E-state index contributed by atoms with van der Waals surface area (Å²) in [5, 5.41) is 0. The van der Waals surface area contributed by atoms with Crippen molar-refractivity contribution in [1.82, 2.24) is 0 Å². The SMILES string of the molecule is CC.CCOCC.Nc1ccccc1OP=O. The Morgan fingerprint density at radius 2 is 1.71 bits per heavy atom. The van der Waals surface area contributed by atoms with Crippen LogP contribution in [0.4, 0.5) is 5.69 Å². The molecule has 0 aromatic heterocycles. The molecular formula is C12H22NO3P. The van der Waals surface area contributed by atoms with Crippen LogP contribution in [0.25, 0.3) is 0 Å². The highest BCUT2D eigenvalue weighted by atomic mass is 31.1. The number of hydrogen-bond donors (Lipinski definition) is 1. The number of benzene rings is 1. The molecule has 0 saturated carbocycles. The van der Waals surface area contributed by atoms with E-state index in [0.29, 0.717) is 11.4 Å². The molecule has 17 heavy (non-hydrogen) atoms. The van der Waals surface area contributed by atoms with Crippen LogP contribution in [0.2, 0.25) is 0 Å². The van der Waals surface area contributed by atoms with Crippen molar-refractivity contribution in [3.63, 3.8) is 0 Å². The van der Waals surface area contributed by atoms with Crippen molar-refractivity contribution >= 4 is 14.4 Å². The van der Waals surface area contributed by atoms with Crippen LogP contribution in [-0.2, 0) is 9.30 Å². The van der Waals surface area contributed by atoms with Gasteiger partial charge in [0, 0.05) is 13.2 Å². The lowest BCUT2D eigenvalue weighted by atomic mass is 10.3. The third kappa shape index (κ3) is 11.1. The average molecular weight is 259 g/mol. The summed E-state index contributed by atoms with van der Waals surface area (Å²) in [5.74, 6) is 0.444. The maximum Gasteiger partial charge on any atom is 0.395 e. The van der Waals surface area contributed by atoms with E-state index in [9.17, 15) is 4.57 Å². The molecule has 0 aliphatic rings. The van der Waals surface area contributed by atoms with Gasteiger partial charge < -0.3 is 15.0 Å². The summed E-state index contributed by atoms with van der Waals surface area (Å²) in [6, 6.07) is 6.88. The average Bonchev–Trinajstić information content (AvgIpc) is 2.37. The molecule has 4 nitrogen and oxygen atoms in total. The van der Waals surface area contributed by atoms with Crippen LogP contribution in [-0.4, -0.2) is 13.2 Å². The second kappa shape index (κ2) is 14.9. The number of ether oxygens (including phenoxy) is 1. The topological polar surface area (TPSA) is 61.6 Å². The van der Waals surface area contributed by atoms with Gasteiger partial charge in [0.05, 0.1) is 5.69 Å². The lowest BCUT2D eigenvalue weighted by Crippen LogP contribution is -1.86. The van der Waals surface area contributed by atoms with Gasteiger partial charge in [0.25, 0.3) is 0 Å². The molecular weight excluding hydrogens is 237 g/mol. The zero-order valence-electron chi connectivity index (χ0n) is 11.0. The molecule has 0 aliphatic heterocycles. The first-order valence-corrected chi connectivity index (χ1v) is 6.41. The molecule has 0 saturated heterocycles. The van der Waals surface area contributed by atoms with Crippen LogP contribution < -0.4 is 10.3 Å². The number of para-hydroxylation sites is 2. The van der Waals surface area contributed by atoms with Gasteiger partial charge in [-0.3, -0.25) is 0 Å². The van der Waals surface area contributed by atoms with Crippen molar-refractivity contribution in [3.8, 4) is 5.75 Å². The molecule has 2 N–H and O–H groups in total. The number of rotatable bonds is 4. The summed E-state index contributed by atoms with van der Waals surface area (Å²) in [6.45, 7) is 9.67. The molecule has 0 radical (unpaired) electrons. The van der Waals surface area contributed by atoms with E-state index in [1.54, 1.807) is 24.3 Å². The summed E-state index contributed by atoms with van der Waals surface area (Å²) in [6.07, 6.45) is 0. The summed E-state index contributed by atoms with van der Waals surface area (Å²) in [7, 11) is -0.380. The number of nitrogen functional groups attached to an aromatic ring is 1. The quantitative estimate of drug-likeness (QED) is 0.657. The molecule has 1 rings (SSSR count). The van der Waals surface area contributed by atoms with E-state index in [1.165, 1.54) is 0 Å². The van der Waals surface area contributed by atoms with Crippen molar-refractivity contribution in [2.24, 2.45) is 0 Å². The van der Waals surface area contributed by atoms with Crippen LogP contribution in [0.1, 0.15) is 27.7 Å². The van der Waals surface area contributed by atoms with E-state index in [-0.39, 0.29) is 8.69 Å². The van der Waals surface area contributed by atoms with Gasteiger partial charge in [0.1, 0.15) is 0 Å². The molecule has 0 aliphatic carbocycles. The molecule has 5 heteroatoms. The van der Waals surface area contributed by atoms with Gasteiger partial charge in [-0.25, -0.2) is 4.57 Å².